The van der Waals surface area contributed by atoms with Crippen LogP contribution in [-0.4, -0.2) is 17.7 Å². The quantitative estimate of drug-likeness (QED) is 0.704. The number of carbonyl (C=O) groups is 1. The van der Waals surface area contributed by atoms with Crippen LogP contribution in [0, 0.1) is 12.8 Å². The highest BCUT2D eigenvalue weighted by molar-refractivity contribution is 5.72. The molecule has 1 saturated carbocycles. The molecule has 0 heterocycles. The highest BCUT2D eigenvalue weighted by Crippen LogP contribution is 2.48. The Morgan fingerprint density at radius 2 is 1.86 bits per heavy atom. The molecule has 3 nitrogen and oxygen atoms in total. The lowest BCUT2D eigenvalue weighted by Gasteiger charge is -2.46. The van der Waals surface area contributed by atoms with Gasteiger partial charge >= 0.3 is 12.1 Å². The van der Waals surface area contributed by atoms with Gasteiger partial charge in [0.05, 0.1) is 24.2 Å². The van der Waals surface area contributed by atoms with Crippen molar-refractivity contribution in [2.24, 2.45) is 5.92 Å². The number of alkyl halides is 3. The summed E-state index contributed by atoms with van der Waals surface area (Å²) in [5.74, 6) is -1.25. The number of ether oxygens (including phenoxy) is 1. The summed E-state index contributed by atoms with van der Waals surface area (Å²) >= 11 is 0. The van der Waals surface area contributed by atoms with Gasteiger partial charge in [-0.2, -0.15) is 13.2 Å². The number of aliphatic carboxylic acids is 1. The molecule has 0 saturated heterocycles. The number of rotatable bonds is 6. The van der Waals surface area contributed by atoms with Crippen molar-refractivity contribution < 1.29 is 27.8 Å². The fourth-order valence-electron chi connectivity index (χ4n) is 3.88. The first-order chi connectivity index (χ1) is 13.1. The van der Waals surface area contributed by atoms with E-state index in [0.717, 1.165) is 17.7 Å². The lowest BCUT2D eigenvalue weighted by Crippen LogP contribution is -2.48. The Bertz CT molecular complexity index is 840. The Kier molecular flexibility index (Phi) is 5.53. The van der Waals surface area contributed by atoms with Gasteiger partial charge in [-0.25, -0.2) is 0 Å². The Balaban J connectivity index is 1.77. The van der Waals surface area contributed by atoms with Gasteiger partial charge in [-0.15, -0.1) is 0 Å². The molecular formula is C22H23F3O3. The van der Waals surface area contributed by atoms with E-state index in [9.17, 15) is 23.1 Å². The van der Waals surface area contributed by atoms with Gasteiger partial charge in [0, 0.05) is 5.41 Å². The van der Waals surface area contributed by atoms with Gasteiger partial charge in [-0.1, -0.05) is 42.0 Å². The molecule has 0 spiro atoms. The minimum absolute atomic E-state index is 0.261. The third-order valence-electron chi connectivity index (χ3n) is 5.52. The maximum Gasteiger partial charge on any atom is 0.416 e. The third-order valence-corrected chi connectivity index (χ3v) is 5.52. The lowest BCUT2D eigenvalue weighted by molar-refractivity contribution is -0.149. The molecule has 0 aliphatic heterocycles. The molecular weight excluding hydrogens is 369 g/mol. The van der Waals surface area contributed by atoms with Crippen LogP contribution in [-0.2, 0) is 21.1 Å². The zero-order valence-corrected chi connectivity index (χ0v) is 15.8. The Labute approximate surface area is 162 Å². The van der Waals surface area contributed by atoms with Crippen LogP contribution < -0.4 is 0 Å². The summed E-state index contributed by atoms with van der Waals surface area (Å²) in [5.41, 5.74) is 0.873. The number of halogens is 3. The summed E-state index contributed by atoms with van der Waals surface area (Å²) in [6.07, 6.45) is -4.03. The van der Waals surface area contributed by atoms with Crippen molar-refractivity contribution in [3.05, 3.63) is 70.8 Å². The number of hydrogen-bond acceptors (Lipinski definition) is 2. The molecule has 0 aromatic heterocycles. The lowest BCUT2D eigenvalue weighted by atomic mass is 9.59. The van der Waals surface area contributed by atoms with Crippen molar-refractivity contribution >= 4 is 5.97 Å². The molecule has 0 unspecified atom stereocenters. The first-order valence-corrected chi connectivity index (χ1v) is 9.19. The average molecular weight is 392 g/mol. The van der Waals surface area contributed by atoms with Gasteiger partial charge < -0.3 is 9.84 Å². The number of carboxylic acid groups (broad SMARTS) is 1. The maximum atomic E-state index is 13.1. The summed E-state index contributed by atoms with van der Waals surface area (Å²) < 4.78 is 45.3. The molecule has 1 fully saturated rings. The van der Waals surface area contributed by atoms with Crippen molar-refractivity contribution in [2.45, 2.75) is 44.4 Å². The molecule has 0 radical (unpaired) electrons. The Hall–Kier alpha value is -2.34. The summed E-state index contributed by atoms with van der Waals surface area (Å²) in [5, 5.41) is 9.26. The van der Waals surface area contributed by atoms with Crippen molar-refractivity contribution in [2.75, 3.05) is 6.61 Å². The van der Waals surface area contributed by atoms with Crippen molar-refractivity contribution in [3.8, 4) is 0 Å². The first kappa shape index (κ1) is 20.4. The van der Waals surface area contributed by atoms with E-state index < -0.39 is 35.1 Å². The van der Waals surface area contributed by atoms with Gasteiger partial charge in [0.2, 0.25) is 0 Å². The van der Waals surface area contributed by atoms with Gasteiger partial charge in [-0.3, -0.25) is 4.79 Å². The molecule has 1 N–H and O–H groups in total. The second kappa shape index (κ2) is 7.59. The highest BCUT2D eigenvalue weighted by atomic mass is 19.4. The molecule has 0 amide bonds. The van der Waals surface area contributed by atoms with Crippen LogP contribution in [0.3, 0.4) is 0 Å². The molecule has 6 heteroatoms. The molecule has 1 atom stereocenters. The van der Waals surface area contributed by atoms with Crippen LogP contribution >= 0.6 is 0 Å². The number of hydrogen-bond donors (Lipinski definition) is 1. The van der Waals surface area contributed by atoms with Crippen LogP contribution in [0.4, 0.5) is 13.2 Å². The van der Waals surface area contributed by atoms with Gasteiger partial charge in [0.25, 0.3) is 0 Å². The van der Waals surface area contributed by atoms with Gasteiger partial charge in [0.15, 0.2) is 0 Å². The van der Waals surface area contributed by atoms with Crippen LogP contribution in [0.25, 0.3) is 0 Å². The van der Waals surface area contributed by atoms with Crippen LogP contribution in [0.1, 0.15) is 48.1 Å². The zero-order valence-electron chi connectivity index (χ0n) is 15.8. The molecule has 28 heavy (non-hydrogen) atoms. The normalized spacial score (nSPS) is 23.1. The molecule has 1 aliphatic rings. The van der Waals surface area contributed by atoms with E-state index in [-0.39, 0.29) is 6.61 Å². The second-order valence-electron chi connectivity index (χ2n) is 7.67. The maximum absolute atomic E-state index is 13.1. The fourth-order valence-corrected chi connectivity index (χ4v) is 3.88. The van der Waals surface area contributed by atoms with Gasteiger partial charge in [-0.05, 0) is 49.9 Å². The van der Waals surface area contributed by atoms with E-state index in [1.165, 1.54) is 0 Å². The smallest absolute Gasteiger partial charge is 0.416 e. The van der Waals surface area contributed by atoms with E-state index in [1.807, 2.05) is 30.3 Å². The average Bonchev–Trinajstić information content (AvgIpc) is 2.60. The standard InChI is InChI=1S/C22H23F3O3/c1-14-8-16(10-19(9-14)22(23,24)25)15(2)28-13-21(11-17(12-21)20(26)27)18-6-4-3-5-7-18/h3-10,15,17H,11-13H2,1-2H3,(H,26,27)/t15-,17-,21+/m1/s1. The Morgan fingerprint density at radius 1 is 1.21 bits per heavy atom. The van der Waals surface area contributed by atoms with E-state index in [1.54, 1.807) is 19.9 Å². The largest absolute Gasteiger partial charge is 0.481 e. The summed E-state index contributed by atoms with van der Waals surface area (Å²) in [6, 6.07) is 13.5. The van der Waals surface area contributed by atoms with E-state index >= 15 is 0 Å². The minimum Gasteiger partial charge on any atom is -0.481 e. The van der Waals surface area contributed by atoms with Crippen LogP contribution in [0.15, 0.2) is 48.5 Å². The summed E-state index contributed by atoms with van der Waals surface area (Å²) in [7, 11) is 0. The van der Waals surface area contributed by atoms with Gasteiger partial charge in [0.1, 0.15) is 0 Å². The van der Waals surface area contributed by atoms with Crippen molar-refractivity contribution in [1.82, 2.24) is 0 Å². The fraction of sp³-hybridized carbons (Fsp3) is 0.409. The summed E-state index contributed by atoms with van der Waals surface area (Å²) in [4.78, 5) is 11.3. The van der Waals surface area contributed by atoms with Crippen LogP contribution in [0.2, 0.25) is 0 Å². The van der Waals surface area contributed by atoms with Crippen molar-refractivity contribution in [1.29, 1.82) is 0 Å². The number of aryl methyl sites for hydroxylation is 1. The first-order valence-electron chi connectivity index (χ1n) is 9.19. The predicted octanol–water partition coefficient (Wildman–Crippen LogP) is 5.52. The molecule has 150 valence electrons. The predicted molar refractivity (Wildman–Crippen MR) is 99.0 cm³/mol. The topological polar surface area (TPSA) is 46.5 Å². The second-order valence-corrected chi connectivity index (χ2v) is 7.67. The van der Waals surface area contributed by atoms with E-state index in [2.05, 4.69) is 0 Å². The molecule has 2 aromatic rings. The third kappa shape index (κ3) is 4.22. The van der Waals surface area contributed by atoms with Crippen molar-refractivity contribution in [3.63, 3.8) is 0 Å². The zero-order chi connectivity index (χ0) is 20.5. The minimum atomic E-state index is -4.41. The van der Waals surface area contributed by atoms with Crippen LogP contribution in [0.5, 0.6) is 0 Å². The number of carboxylic acids is 1. The van der Waals surface area contributed by atoms with E-state index in [0.29, 0.717) is 24.0 Å². The SMILES string of the molecule is Cc1cc([C@@H](C)OC[C@]2(c3ccccc3)C[C@@H](C(=O)O)C2)cc(C(F)(F)F)c1. The monoisotopic (exact) mass is 392 g/mol. The highest BCUT2D eigenvalue weighted by Gasteiger charge is 2.49. The molecule has 2 aromatic carbocycles. The molecule has 1 aliphatic carbocycles. The molecule has 3 rings (SSSR count). The Morgan fingerprint density at radius 3 is 2.43 bits per heavy atom. The number of benzene rings is 2. The summed E-state index contributed by atoms with van der Waals surface area (Å²) in [6.45, 7) is 3.61. The van der Waals surface area contributed by atoms with E-state index in [4.69, 9.17) is 4.74 Å². The molecule has 0 bridgehead atoms.